The van der Waals surface area contributed by atoms with Gasteiger partial charge in [-0.05, 0) is 45.0 Å². The van der Waals surface area contributed by atoms with E-state index in [4.69, 9.17) is 4.74 Å². The van der Waals surface area contributed by atoms with Gasteiger partial charge in [0.05, 0.1) is 6.61 Å². The van der Waals surface area contributed by atoms with Crippen molar-refractivity contribution in [3.8, 4) is 0 Å². The van der Waals surface area contributed by atoms with Crippen LogP contribution in [0.15, 0.2) is 11.6 Å². The first-order valence-corrected chi connectivity index (χ1v) is 6.90. The fourth-order valence-electron chi connectivity index (χ4n) is 2.26. The van der Waals surface area contributed by atoms with E-state index in [2.05, 4.69) is 16.3 Å². The smallest absolute Gasteiger partial charge is 0.0673 e. The number of unbranched alkanes of at least 4 members (excludes halogenated alkanes) is 3. The largest absolute Gasteiger partial charge is 0.380 e. The molecule has 0 aromatic rings. The molecule has 1 aliphatic heterocycles. The van der Waals surface area contributed by atoms with Gasteiger partial charge in [0.25, 0.3) is 0 Å². The van der Waals surface area contributed by atoms with Crippen LogP contribution < -0.4 is 5.32 Å². The number of rotatable bonds is 9. The van der Waals surface area contributed by atoms with Gasteiger partial charge >= 0.3 is 0 Å². The molecule has 0 bridgehead atoms. The van der Waals surface area contributed by atoms with Gasteiger partial charge in [0.15, 0.2) is 0 Å². The minimum atomic E-state index is 0.817. The Balaban J connectivity index is 1.98. The van der Waals surface area contributed by atoms with E-state index in [0.29, 0.717) is 0 Å². The summed E-state index contributed by atoms with van der Waals surface area (Å²) in [6.45, 7) is 5.57. The minimum Gasteiger partial charge on any atom is -0.380 e. The van der Waals surface area contributed by atoms with E-state index in [0.717, 1.165) is 19.7 Å². The molecule has 0 atom stereocenters. The topological polar surface area (TPSA) is 24.5 Å². The minimum absolute atomic E-state index is 0.817. The van der Waals surface area contributed by atoms with E-state index in [1.807, 2.05) is 7.05 Å². The molecule has 1 rings (SSSR count). The Kier molecular flexibility index (Phi) is 8.32. The molecule has 0 aliphatic carbocycles. The lowest BCUT2D eigenvalue weighted by Gasteiger charge is -2.26. The summed E-state index contributed by atoms with van der Waals surface area (Å²) < 4.78 is 5.16. The quantitative estimate of drug-likeness (QED) is 0.493. The lowest BCUT2D eigenvalue weighted by Crippen LogP contribution is -2.30. The number of nitrogens with one attached hydrogen (secondary N) is 1. The molecule has 0 unspecified atom stereocenters. The van der Waals surface area contributed by atoms with Crippen LogP contribution in [0.2, 0.25) is 0 Å². The highest BCUT2D eigenvalue weighted by Gasteiger charge is 2.10. The summed E-state index contributed by atoms with van der Waals surface area (Å²) in [5, 5.41) is 3.19. The average Bonchev–Trinajstić information content (AvgIpc) is 2.36. The second kappa shape index (κ2) is 9.63. The second-order valence-electron chi connectivity index (χ2n) is 4.86. The van der Waals surface area contributed by atoms with Crippen molar-refractivity contribution < 1.29 is 4.74 Å². The third kappa shape index (κ3) is 6.81. The van der Waals surface area contributed by atoms with Crippen molar-refractivity contribution in [2.75, 3.05) is 46.9 Å². The highest BCUT2D eigenvalue weighted by molar-refractivity contribution is 5.07. The van der Waals surface area contributed by atoms with Gasteiger partial charge < -0.3 is 10.1 Å². The van der Waals surface area contributed by atoms with Gasteiger partial charge in [-0.25, -0.2) is 0 Å². The molecule has 0 saturated heterocycles. The van der Waals surface area contributed by atoms with Crippen LogP contribution in [-0.4, -0.2) is 51.8 Å². The van der Waals surface area contributed by atoms with E-state index in [1.165, 1.54) is 50.8 Å². The van der Waals surface area contributed by atoms with Crippen LogP contribution in [0.5, 0.6) is 0 Å². The summed E-state index contributed by atoms with van der Waals surface area (Å²) in [5.74, 6) is 0. The average molecular weight is 240 g/mol. The normalized spacial score (nSPS) is 17.2. The molecule has 0 fully saturated rings. The van der Waals surface area contributed by atoms with Crippen molar-refractivity contribution in [3.05, 3.63) is 11.6 Å². The van der Waals surface area contributed by atoms with Gasteiger partial charge in [-0.3, -0.25) is 4.90 Å². The molecular formula is C14H28N2O. The van der Waals surface area contributed by atoms with Gasteiger partial charge in [-0.2, -0.15) is 0 Å². The summed E-state index contributed by atoms with van der Waals surface area (Å²) in [4.78, 5) is 2.55. The van der Waals surface area contributed by atoms with Crippen molar-refractivity contribution >= 4 is 0 Å². The SMILES string of the molecule is CNCCCCCCN1CC=C(COC)CC1. The maximum absolute atomic E-state index is 5.16. The first kappa shape index (κ1) is 14.7. The zero-order valence-electron chi connectivity index (χ0n) is 11.5. The molecule has 0 amide bonds. The van der Waals surface area contributed by atoms with Crippen LogP contribution in [0.1, 0.15) is 32.1 Å². The standard InChI is InChI=1S/C14H28N2O/c1-15-9-5-3-4-6-10-16-11-7-14(8-12-16)13-17-2/h7,15H,3-6,8-13H2,1-2H3. The Morgan fingerprint density at radius 2 is 2.12 bits per heavy atom. The van der Waals surface area contributed by atoms with Gasteiger partial charge in [-0.15, -0.1) is 0 Å². The summed E-state index contributed by atoms with van der Waals surface area (Å²) >= 11 is 0. The molecule has 0 aromatic heterocycles. The van der Waals surface area contributed by atoms with Crippen molar-refractivity contribution in [1.82, 2.24) is 10.2 Å². The molecule has 3 nitrogen and oxygen atoms in total. The van der Waals surface area contributed by atoms with Crippen LogP contribution in [0.3, 0.4) is 0 Å². The molecule has 0 aromatic carbocycles. The van der Waals surface area contributed by atoms with Crippen molar-refractivity contribution in [3.63, 3.8) is 0 Å². The van der Waals surface area contributed by atoms with Crippen molar-refractivity contribution in [2.45, 2.75) is 32.1 Å². The Morgan fingerprint density at radius 3 is 2.76 bits per heavy atom. The van der Waals surface area contributed by atoms with E-state index in [-0.39, 0.29) is 0 Å². The monoisotopic (exact) mass is 240 g/mol. The van der Waals surface area contributed by atoms with Gasteiger partial charge in [-0.1, -0.05) is 18.9 Å². The molecule has 100 valence electrons. The molecule has 0 radical (unpaired) electrons. The van der Waals surface area contributed by atoms with E-state index < -0.39 is 0 Å². The highest BCUT2D eigenvalue weighted by Crippen LogP contribution is 2.12. The van der Waals surface area contributed by atoms with Gasteiger partial charge in [0, 0.05) is 20.2 Å². The Morgan fingerprint density at radius 1 is 1.29 bits per heavy atom. The zero-order valence-corrected chi connectivity index (χ0v) is 11.5. The van der Waals surface area contributed by atoms with E-state index in [9.17, 15) is 0 Å². The van der Waals surface area contributed by atoms with E-state index >= 15 is 0 Å². The summed E-state index contributed by atoms with van der Waals surface area (Å²) in [6.07, 6.45) is 8.92. The zero-order chi connectivity index (χ0) is 12.3. The van der Waals surface area contributed by atoms with Crippen LogP contribution in [-0.2, 0) is 4.74 Å². The number of hydrogen-bond acceptors (Lipinski definition) is 3. The molecule has 3 heteroatoms. The highest BCUT2D eigenvalue weighted by atomic mass is 16.5. The van der Waals surface area contributed by atoms with Crippen LogP contribution in [0.4, 0.5) is 0 Å². The first-order chi connectivity index (χ1) is 8.36. The van der Waals surface area contributed by atoms with Gasteiger partial charge in [0.2, 0.25) is 0 Å². The third-order valence-electron chi connectivity index (χ3n) is 3.37. The predicted molar refractivity (Wildman–Crippen MR) is 73.4 cm³/mol. The number of nitrogens with zero attached hydrogens (tertiary/aromatic N) is 1. The summed E-state index contributed by atoms with van der Waals surface area (Å²) in [7, 11) is 3.80. The molecule has 1 N–H and O–H groups in total. The Hall–Kier alpha value is -0.380. The molecule has 1 heterocycles. The number of hydrogen-bond donors (Lipinski definition) is 1. The van der Waals surface area contributed by atoms with Crippen LogP contribution >= 0.6 is 0 Å². The number of ether oxygens (including phenoxy) is 1. The second-order valence-corrected chi connectivity index (χ2v) is 4.86. The fraction of sp³-hybridized carbons (Fsp3) is 0.857. The van der Waals surface area contributed by atoms with Crippen LogP contribution in [0, 0.1) is 0 Å². The molecular weight excluding hydrogens is 212 g/mol. The third-order valence-corrected chi connectivity index (χ3v) is 3.37. The lowest BCUT2D eigenvalue weighted by atomic mass is 10.1. The fourth-order valence-corrected chi connectivity index (χ4v) is 2.26. The lowest BCUT2D eigenvalue weighted by molar-refractivity contribution is 0.211. The summed E-state index contributed by atoms with van der Waals surface area (Å²) in [6, 6.07) is 0. The van der Waals surface area contributed by atoms with E-state index in [1.54, 1.807) is 7.11 Å². The Bertz CT molecular complexity index is 216. The van der Waals surface area contributed by atoms with Gasteiger partial charge in [0.1, 0.15) is 0 Å². The summed E-state index contributed by atoms with van der Waals surface area (Å²) in [5.41, 5.74) is 1.47. The maximum Gasteiger partial charge on any atom is 0.0673 e. The first-order valence-electron chi connectivity index (χ1n) is 6.90. The van der Waals surface area contributed by atoms with Crippen molar-refractivity contribution in [1.29, 1.82) is 0 Å². The Labute approximate surface area is 106 Å². The van der Waals surface area contributed by atoms with Crippen LogP contribution in [0.25, 0.3) is 0 Å². The molecule has 17 heavy (non-hydrogen) atoms. The maximum atomic E-state index is 5.16. The molecule has 1 aliphatic rings. The van der Waals surface area contributed by atoms with Crippen molar-refractivity contribution in [2.24, 2.45) is 0 Å². The number of methoxy groups -OCH3 is 1. The molecule has 0 spiro atoms. The molecule has 0 saturated carbocycles. The predicted octanol–water partition coefficient (Wildman–Crippen LogP) is 2.04.